The molecule has 2 aromatic heterocycles. The van der Waals surface area contributed by atoms with E-state index in [1.54, 1.807) is 46.1 Å². The van der Waals surface area contributed by atoms with E-state index in [-0.39, 0.29) is 22.8 Å². The molecular formula is C33H38ClN3O8S2. The molecule has 1 saturated heterocycles. The number of hydrogen-bond donors (Lipinski definition) is 0. The second kappa shape index (κ2) is 13.7. The molecule has 1 aliphatic rings. The molecule has 0 aliphatic carbocycles. The van der Waals surface area contributed by atoms with Gasteiger partial charge in [0.15, 0.2) is 14.7 Å². The van der Waals surface area contributed by atoms with E-state index in [2.05, 4.69) is 4.98 Å². The number of methoxy groups -OCH3 is 1. The van der Waals surface area contributed by atoms with Crippen LogP contribution in [0.1, 0.15) is 67.4 Å². The Balaban J connectivity index is 1.34. The van der Waals surface area contributed by atoms with Gasteiger partial charge in [-0.1, -0.05) is 29.8 Å². The number of halogens is 1. The van der Waals surface area contributed by atoms with E-state index >= 15 is 0 Å². The van der Waals surface area contributed by atoms with Crippen LogP contribution in [0.5, 0.6) is 11.5 Å². The molecule has 4 aromatic rings. The smallest absolute Gasteiger partial charge is 0.410 e. The predicted octanol–water partition coefficient (Wildman–Crippen LogP) is 6.99. The third-order valence-electron chi connectivity index (χ3n) is 7.46. The van der Waals surface area contributed by atoms with Crippen LogP contribution < -0.4 is 9.47 Å². The van der Waals surface area contributed by atoms with Crippen molar-refractivity contribution in [1.29, 1.82) is 0 Å². The summed E-state index contributed by atoms with van der Waals surface area (Å²) in [5.74, 6) is 0.137. The minimum Gasteiger partial charge on any atom is -0.489 e. The average Bonchev–Trinajstić information content (AvgIpc) is 3.60. The van der Waals surface area contributed by atoms with Crippen molar-refractivity contribution < 1.29 is 37.0 Å². The maximum Gasteiger partial charge on any atom is 0.410 e. The van der Waals surface area contributed by atoms with Gasteiger partial charge in [0.05, 0.1) is 28.9 Å². The Bertz CT molecular complexity index is 1890. The van der Waals surface area contributed by atoms with Gasteiger partial charge < -0.3 is 23.8 Å². The number of likely N-dealkylation sites (tertiary alicyclic amines) is 1. The summed E-state index contributed by atoms with van der Waals surface area (Å²) >= 11 is 8.02. The predicted molar refractivity (Wildman–Crippen MR) is 181 cm³/mol. The van der Waals surface area contributed by atoms with E-state index in [0.29, 0.717) is 69.6 Å². The first-order valence-electron chi connectivity index (χ1n) is 15.1. The van der Waals surface area contributed by atoms with Gasteiger partial charge in [0, 0.05) is 43.8 Å². The average molecular weight is 704 g/mol. The molecule has 1 atom stereocenters. The molecule has 0 spiro atoms. The van der Waals surface area contributed by atoms with Crippen molar-refractivity contribution in [3.8, 4) is 16.5 Å². The lowest BCUT2D eigenvalue weighted by Crippen LogP contribution is -2.44. The molecule has 0 saturated carbocycles. The summed E-state index contributed by atoms with van der Waals surface area (Å²) in [6.07, 6.45) is 3.02. The molecule has 3 heterocycles. The number of thiophene rings is 1. The van der Waals surface area contributed by atoms with Crippen molar-refractivity contribution in [3.63, 3.8) is 0 Å². The first kappa shape index (κ1) is 34.5. The molecule has 0 bridgehead atoms. The number of piperidine rings is 1. The second-order valence-corrected chi connectivity index (χ2v) is 16.0. The van der Waals surface area contributed by atoms with E-state index in [1.165, 1.54) is 24.7 Å². The lowest BCUT2D eigenvalue weighted by molar-refractivity contribution is 0.0126. The monoisotopic (exact) mass is 703 g/mol. The number of carbonyl (C=O) groups is 2. The number of fused-ring (bicyclic) bond motifs is 1. The minimum atomic E-state index is -3.24. The van der Waals surface area contributed by atoms with E-state index < -0.39 is 27.5 Å². The largest absolute Gasteiger partial charge is 0.489 e. The summed E-state index contributed by atoms with van der Waals surface area (Å²) in [6, 6.07) is 12.5. The van der Waals surface area contributed by atoms with Crippen LogP contribution in [0.25, 0.3) is 16.0 Å². The maximum atomic E-state index is 12.8. The molecule has 0 unspecified atom stereocenters. The number of imidazole rings is 1. The molecule has 2 aromatic carbocycles. The quantitative estimate of drug-likeness (QED) is 0.170. The minimum absolute atomic E-state index is 0.105. The van der Waals surface area contributed by atoms with Crippen molar-refractivity contribution >= 4 is 55.9 Å². The highest BCUT2D eigenvalue weighted by Gasteiger charge is 2.29. The maximum absolute atomic E-state index is 12.8. The van der Waals surface area contributed by atoms with E-state index in [9.17, 15) is 18.0 Å². The lowest BCUT2D eigenvalue weighted by Gasteiger charge is -2.33. The Morgan fingerprint density at radius 2 is 1.83 bits per heavy atom. The normalized spacial score (nSPS) is 15.0. The zero-order valence-corrected chi connectivity index (χ0v) is 29.5. The number of hydrogen-bond acceptors (Lipinski definition) is 10. The fraction of sp³-hybridized carbons (Fsp3) is 0.424. The van der Waals surface area contributed by atoms with Crippen LogP contribution in [0.2, 0.25) is 5.02 Å². The van der Waals surface area contributed by atoms with Gasteiger partial charge in [0.25, 0.3) is 0 Å². The Hall–Kier alpha value is -3.81. The summed E-state index contributed by atoms with van der Waals surface area (Å²) in [4.78, 5) is 31.7. The Labute approximate surface area is 283 Å². The van der Waals surface area contributed by atoms with E-state index in [0.717, 1.165) is 0 Å². The highest BCUT2D eigenvalue weighted by atomic mass is 35.5. The van der Waals surface area contributed by atoms with Crippen molar-refractivity contribution in [2.75, 3.05) is 26.5 Å². The molecule has 11 nitrogen and oxygen atoms in total. The van der Waals surface area contributed by atoms with Gasteiger partial charge >= 0.3 is 12.1 Å². The summed E-state index contributed by atoms with van der Waals surface area (Å²) in [6.45, 7) is 8.38. The van der Waals surface area contributed by atoms with Crippen LogP contribution in [0.3, 0.4) is 0 Å². The lowest BCUT2D eigenvalue weighted by atomic mass is 10.1. The second-order valence-electron chi connectivity index (χ2n) is 12.5. The van der Waals surface area contributed by atoms with Gasteiger partial charge in [0.1, 0.15) is 40.6 Å². The van der Waals surface area contributed by atoms with E-state index in [4.69, 9.17) is 30.5 Å². The van der Waals surface area contributed by atoms with Gasteiger partial charge in [-0.3, -0.25) is 4.57 Å². The highest BCUT2D eigenvalue weighted by Crippen LogP contribution is 2.40. The van der Waals surface area contributed by atoms with Crippen LogP contribution in [0.4, 0.5) is 4.79 Å². The van der Waals surface area contributed by atoms with Crippen molar-refractivity contribution in [1.82, 2.24) is 14.5 Å². The summed E-state index contributed by atoms with van der Waals surface area (Å²) in [7, 11) is -1.94. The van der Waals surface area contributed by atoms with Crippen molar-refractivity contribution in [2.24, 2.45) is 0 Å². The summed E-state index contributed by atoms with van der Waals surface area (Å²) in [5.41, 5.74) is 2.09. The van der Waals surface area contributed by atoms with Gasteiger partial charge in [-0.25, -0.2) is 23.0 Å². The molecule has 14 heteroatoms. The number of aromatic nitrogens is 2. The molecular weight excluding hydrogens is 666 g/mol. The van der Waals surface area contributed by atoms with Crippen LogP contribution in [0.15, 0.2) is 48.8 Å². The number of esters is 1. The molecule has 0 N–H and O–H groups in total. The standard InChI is InChI=1S/C33H38ClN3O8S2/c1-20(23-8-7-9-26(29(23)34)44-22-12-14-36(15-13-22)32(39)45-33(2,3)4)43-27-17-28(46-30(27)31(38)42-5)37-19-35-24-11-10-21(16-25(24)37)18-47(6,40)41/h7-11,16-17,19-20,22H,12-15,18H2,1-6H3/t20-/m1/s1. The summed E-state index contributed by atoms with van der Waals surface area (Å²) in [5, 5.41) is 1.02. The van der Waals surface area contributed by atoms with Crippen LogP contribution in [-0.2, 0) is 25.1 Å². The fourth-order valence-electron chi connectivity index (χ4n) is 5.27. The fourth-order valence-corrected chi connectivity index (χ4v) is 7.38. The number of nitrogens with zero attached hydrogens (tertiary/aromatic N) is 3. The number of ether oxygens (including phenoxy) is 4. The SMILES string of the molecule is COC(=O)c1sc(-n2cnc3ccc(CS(C)(=O)=O)cc32)cc1O[C@H](C)c1cccc(OC2CCN(C(=O)OC(C)(C)C)CC2)c1Cl. The molecule has 47 heavy (non-hydrogen) atoms. The van der Waals surface area contributed by atoms with Crippen molar-refractivity contribution in [2.45, 2.75) is 64.1 Å². The number of carbonyl (C=O) groups excluding carboxylic acids is 2. The van der Waals surface area contributed by atoms with Crippen LogP contribution in [-0.4, -0.2) is 73.1 Å². The van der Waals surface area contributed by atoms with Crippen molar-refractivity contribution in [3.05, 3.63) is 69.8 Å². The number of amides is 1. The van der Waals surface area contributed by atoms with Crippen LogP contribution in [0, 0.1) is 0 Å². The number of rotatable bonds is 9. The molecule has 0 radical (unpaired) electrons. The Morgan fingerprint density at radius 1 is 1.11 bits per heavy atom. The van der Waals surface area contributed by atoms with Gasteiger partial charge in [0.2, 0.25) is 0 Å². The Kier molecular flexibility index (Phi) is 10.1. The third-order valence-corrected chi connectivity index (χ3v) is 9.81. The molecule has 1 aliphatic heterocycles. The molecule has 1 fully saturated rings. The van der Waals surface area contributed by atoms with Gasteiger partial charge in [-0.2, -0.15) is 0 Å². The first-order valence-corrected chi connectivity index (χ1v) is 18.3. The summed E-state index contributed by atoms with van der Waals surface area (Å²) < 4.78 is 48.7. The van der Waals surface area contributed by atoms with Gasteiger partial charge in [-0.15, -0.1) is 11.3 Å². The topological polar surface area (TPSA) is 126 Å². The zero-order chi connectivity index (χ0) is 34.1. The molecule has 252 valence electrons. The Morgan fingerprint density at radius 3 is 2.49 bits per heavy atom. The molecule has 1 amide bonds. The number of benzene rings is 2. The van der Waals surface area contributed by atoms with Gasteiger partial charge in [-0.05, 0) is 51.5 Å². The van der Waals surface area contributed by atoms with E-state index in [1.807, 2.05) is 39.8 Å². The third kappa shape index (κ3) is 8.38. The van der Waals surface area contributed by atoms with Crippen LogP contribution >= 0.6 is 22.9 Å². The number of sulfone groups is 1. The highest BCUT2D eigenvalue weighted by molar-refractivity contribution is 7.89. The zero-order valence-electron chi connectivity index (χ0n) is 27.1. The first-order chi connectivity index (χ1) is 22.1. The molecule has 5 rings (SSSR count).